The van der Waals surface area contributed by atoms with Gasteiger partial charge in [-0.1, -0.05) is 44.0 Å². The lowest BCUT2D eigenvalue weighted by atomic mass is 9.72. The van der Waals surface area contributed by atoms with Crippen LogP contribution in [0.5, 0.6) is 0 Å². The Morgan fingerprint density at radius 1 is 1.45 bits per heavy atom. The van der Waals surface area contributed by atoms with E-state index in [0.29, 0.717) is 5.92 Å². The van der Waals surface area contributed by atoms with Crippen molar-refractivity contribution in [3.8, 4) is 0 Å². The van der Waals surface area contributed by atoms with Crippen LogP contribution in [0, 0.1) is 12.8 Å². The lowest BCUT2D eigenvalue weighted by molar-refractivity contribution is -0.102. The summed E-state index contributed by atoms with van der Waals surface area (Å²) in [6.45, 7) is 7.27. The van der Waals surface area contributed by atoms with E-state index in [0.717, 1.165) is 19.4 Å². The number of nitrogens with two attached hydrogens (primary N) is 1. The monoisotopic (exact) mass is 276 g/mol. The zero-order chi connectivity index (χ0) is 14.6. The fraction of sp³-hybridized carbons (Fsp3) is 0.647. The van der Waals surface area contributed by atoms with Gasteiger partial charge in [0.1, 0.15) is 0 Å². The molecular formula is C17H28N2O. The van der Waals surface area contributed by atoms with Crippen LogP contribution >= 0.6 is 0 Å². The van der Waals surface area contributed by atoms with Gasteiger partial charge in [0.2, 0.25) is 0 Å². The van der Waals surface area contributed by atoms with Gasteiger partial charge in [-0.2, -0.15) is 0 Å². The number of nitrogens with one attached hydrogen (secondary N) is 1. The highest BCUT2D eigenvalue weighted by Gasteiger charge is 2.43. The van der Waals surface area contributed by atoms with Crippen molar-refractivity contribution in [2.75, 3.05) is 6.61 Å². The second kappa shape index (κ2) is 6.70. The molecule has 1 aromatic rings. The molecular weight excluding hydrogens is 248 g/mol. The third kappa shape index (κ3) is 3.05. The number of hydrogen-bond donors (Lipinski definition) is 2. The van der Waals surface area contributed by atoms with Gasteiger partial charge in [0.15, 0.2) is 0 Å². The topological polar surface area (TPSA) is 47.3 Å². The molecule has 3 heteroatoms. The van der Waals surface area contributed by atoms with E-state index in [2.05, 4.69) is 50.5 Å². The molecule has 1 fully saturated rings. The van der Waals surface area contributed by atoms with E-state index in [-0.39, 0.29) is 11.6 Å². The van der Waals surface area contributed by atoms with E-state index in [4.69, 9.17) is 10.6 Å². The Balaban J connectivity index is 2.37. The van der Waals surface area contributed by atoms with Crippen LogP contribution in [0.1, 0.15) is 56.7 Å². The molecule has 112 valence electrons. The van der Waals surface area contributed by atoms with Crippen LogP contribution in [-0.4, -0.2) is 12.2 Å². The Morgan fingerprint density at radius 2 is 2.20 bits per heavy atom. The smallest absolute Gasteiger partial charge is 0.0891 e. The molecule has 1 aromatic carbocycles. The minimum Gasteiger partial charge on any atom is -0.373 e. The van der Waals surface area contributed by atoms with Crippen LogP contribution < -0.4 is 11.3 Å². The lowest BCUT2D eigenvalue weighted by Crippen LogP contribution is -2.51. The maximum atomic E-state index is 6.26. The van der Waals surface area contributed by atoms with Crippen LogP contribution in [0.15, 0.2) is 24.3 Å². The molecule has 0 amide bonds. The summed E-state index contributed by atoms with van der Waals surface area (Å²) in [6, 6.07) is 8.53. The van der Waals surface area contributed by atoms with E-state index < -0.39 is 0 Å². The fourth-order valence-corrected chi connectivity index (χ4v) is 3.74. The van der Waals surface area contributed by atoms with E-state index in [1.54, 1.807) is 0 Å². The Kier molecular flexibility index (Phi) is 5.19. The Labute approximate surface area is 122 Å². The predicted octanol–water partition coefficient (Wildman–Crippen LogP) is 3.48. The van der Waals surface area contributed by atoms with Crippen molar-refractivity contribution >= 4 is 0 Å². The Hall–Kier alpha value is -0.900. The van der Waals surface area contributed by atoms with Gasteiger partial charge >= 0.3 is 0 Å². The molecule has 0 saturated heterocycles. The van der Waals surface area contributed by atoms with Gasteiger partial charge in [0.05, 0.1) is 11.6 Å². The van der Waals surface area contributed by atoms with Gasteiger partial charge in [0.25, 0.3) is 0 Å². The minimum atomic E-state index is -0.173. The molecule has 0 spiro atoms. The third-order valence-electron chi connectivity index (χ3n) is 4.61. The summed E-state index contributed by atoms with van der Waals surface area (Å²) in [5, 5.41) is 0. The average molecular weight is 276 g/mol. The summed E-state index contributed by atoms with van der Waals surface area (Å²) >= 11 is 0. The number of aryl methyl sites for hydroxylation is 1. The molecule has 0 heterocycles. The van der Waals surface area contributed by atoms with Crippen molar-refractivity contribution in [3.05, 3.63) is 35.4 Å². The maximum absolute atomic E-state index is 6.26. The summed E-state index contributed by atoms with van der Waals surface area (Å²) in [4.78, 5) is 0. The highest BCUT2D eigenvalue weighted by atomic mass is 16.5. The minimum absolute atomic E-state index is 0.0615. The van der Waals surface area contributed by atoms with Crippen molar-refractivity contribution < 1.29 is 4.74 Å². The largest absolute Gasteiger partial charge is 0.373 e. The molecule has 20 heavy (non-hydrogen) atoms. The summed E-state index contributed by atoms with van der Waals surface area (Å²) in [5.74, 6) is 6.63. The Morgan fingerprint density at radius 3 is 2.80 bits per heavy atom. The summed E-state index contributed by atoms with van der Waals surface area (Å²) in [6.07, 6.45) is 4.66. The van der Waals surface area contributed by atoms with Crippen LogP contribution in [0.4, 0.5) is 0 Å². The number of hydrogen-bond acceptors (Lipinski definition) is 3. The maximum Gasteiger partial charge on any atom is 0.0891 e. The molecule has 3 nitrogen and oxygen atoms in total. The fourth-order valence-electron chi connectivity index (χ4n) is 3.74. The molecule has 0 aliphatic heterocycles. The van der Waals surface area contributed by atoms with E-state index in [9.17, 15) is 0 Å². The summed E-state index contributed by atoms with van der Waals surface area (Å²) < 4.78 is 6.26. The summed E-state index contributed by atoms with van der Waals surface area (Å²) in [5.41, 5.74) is 5.41. The molecule has 0 radical (unpaired) electrons. The third-order valence-corrected chi connectivity index (χ3v) is 4.61. The molecule has 1 saturated carbocycles. The van der Waals surface area contributed by atoms with E-state index in [1.807, 2.05) is 0 Å². The molecule has 0 bridgehead atoms. The first-order chi connectivity index (χ1) is 9.63. The molecule has 2 rings (SSSR count). The second-order valence-electron chi connectivity index (χ2n) is 6.16. The number of hydrazine groups is 1. The molecule has 3 N–H and O–H groups in total. The first-order valence-corrected chi connectivity index (χ1v) is 7.78. The van der Waals surface area contributed by atoms with Crippen LogP contribution in [0.2, 0.25) is 0 Å². The zero-order valence-electron chi connectivity index (χ0n) is 13.0. The molecule has 0 aromatic heterocycles. The molecule has 3 unspecified atom stereocenters. The predicted molar refractivity (Wildman–Crippen MR) is 83.2 cm³/mol. The van der Waals surface area contributed by atoms with Crippen molar-refractivity contribution in [2.24, 2.45) is 11.8 Å². The highest BCUT2D eigenvalue weighted by molar-refractivity contribution is 5.31. The first-order valence-electron chi connectivity index (χ1n) is 7.78. The van der Waals surface area contributed by atoms with Crippen molar-refractivity contribution in [2.45, 2.75) is 58.1 Å². The van der Waals surface area contributed by atoms with Crippen molar-refractivity contribution in [1.29, 1.82) is 0 Å². The first kappa shape index (κ1) is 15.5. The molecule has 1 aliphatic carbocycles. The van der Waals surface area contributed by atoms with Crippen LogP contribution in [-0.2, 0) is 4.74 Å². The van der Waals surface area contributed by atoms with Gasteiger partial charge in [-0.25, -0.2) is 0 Å². The number of benzene rings is 1. The van der Waals surface area contributed by atoms with E-state index >= 15 is 0 Å². The number of rotatable bonds is 5. The van der Waals surface area contributed by atoms with Gasteiger partial charge in [-0.05, 0) is 43.7 Å². The van der Waals surface area contributed by atoms with Crippen LogP contribution in [0.25, 0.3) is 0 Å². The van der Waals surface area contributed by atoms with Gasteiger partial charge in [0, 0.05) is 6.61 Å². The lowest BCUT2D eigenvalue weighted by Gasteiger charge is -2.45. The van der Waals surface area contributed by atoms with Gasteiger partial charge < -0.3 is 4.74 Å². The standard InChI is InChI=1S/C17H28N2O/c1-4-20-17(11-7-8-13(2)12-17)16(19-18)15-10-6-5-9-14(15)3/h5-6,9-10,13,16,19H,4,7-8,11-12,18H2,1-3H3. The normalized spacial score (nSPS) is 28.3. The van der Waals surface area contributed by atoms with E-state index in [1.165, 1.54) is 24.0 Å². The highest BCUT2D eigenvalue weighted by Crippen LogP contribution is 2.43. The van der Waals surface area contributed by atoms with Crippen molar-refractivity contribution in [1.82, 2.24) is 5.43 Å². The summed E-state index contributed by atoms with van der Waals surface area (Å²) in [7, 11) is 0. The second-order valence-corrected chi connectivity index (χ2v) is 6.16. The molecule has 3 atom stereocenters. The van der Waals surface area contributed by atoms with Crippen LogP contribution in [0.3, 0.4) is 0 Å². The SMILES string of the molecule is CCOC1(C(NN)c2ccccc2C)CCCC(C)C1. The molecule has 1 aliphatic rings. The zero-order valence-corrected chi connectivity index (χ0v) is 13.0. The average Bonchev–Trinajstić information content (AvgIpc) is 2.42. The Bertz CT molecular complexity index is 431. The quantitative estimate of drug-likeness (QED) is 0.639. The van der Waals surface area contributed by atoms with Gasteiger partial charge in [-0.3, -0.25) is 11.3 Å². The number of ether oxygens (including phenoxy) is 1. The van der Waals surface area contributed by atoms with Crippen molar-refractivity contribution in [3.63, 3.8) is 0 Å². The van der Waals surface area contributed by atoms with Gasteiger partial charge in [-0.15, -0.1) is 0 Å².